The molecule has 0 saturated carbocycles. The van der Waals surface area contributed by atoms with Crippen molar-refractivity contribution in [2.75, 3.05) is 19.5 Å². The highest BCUT2D eigenvalue weighted by Gasteiger charge is 2.17. The molecule has 1 amide bonds. The first kappa shape index (κ1) is 18.4. The van der Waals surface area contributed by atoms with E-state index < -0.39 is 23.2 Å². The number of benzene rings is 1. The lowest BCUT2D eigenvalue weighted by Crippen LogP contribution is -2.40. The van der Waals surface area contributed by atoms with Gasteiger partial charge in [-0.1, -0.05) is 11.6 Å². The van der Waals surface area contributed by atoms with Crippen LogP contribution in [0.5, 0.6) is 11.5 Å². The standard InChI is InChI=1S/C15H17ClN4O5/c1-7(6-25-9-4-3-8(16)5-10(9)24-2)18-14(22)12-11(17)13(21)20-15(23)19-12/h3-5,7H,6,17H2,1-2H3,(H,18,22)(H2,19,20,21,23). The van der Waals surface area contributed by atoms with Crippen LogP contribution in [0.3, 0.4) is 0 Å². The van der Waals surface area contributed by atoms with Gasteiger partial charge in [0.1, 0.15) is 18.0 Å². The molecule has 2 aromatic rings. The summed E-state index contributed by atoms with van der Waals surface area (Å²) in [5.41, 5.74) is 3.19. The molecule has 10 heteroatoms. The third kappa shape index (κ3) is 4.54. The maximum atomic E-state index is 12.1. The second-order valence-corrected chi connectivity index (χ2v) is 5.61. The Bertz CT molecular complexity index is 892. The number of methoxy groups -OCH3 is 1. The van der Waals surface area contributed by atoms with Crippen molar-refractivity contribution in [1.82, 2.24) is 15.3 Å². The molecule has 0 aliphatic rings. The van der Waals surface area contributed by atoms with Crippen molar-refractivity contribution in [3.63, 3.8) is 0 Å². The summed E-state index contributed by atoms with van der Waals surface area (Å²) in [5.74, 6) is 0.214. The topological polar surface area (TPSA) is 139 Å². The molecule has 1 heterocycles. The molecule has 0 radical (unpaired) electrons. The van der Waals surface area contributed by atoms with E-state index in [9.17, 15) is 14.4 Å². The number of nitrogen functional groups attached to an aromatic ring is 1. The molecule has 0 fully saturated rings. The van der Waals surface area contributed by atoms with E-state index in [1.807, 2.05) is 4.98 Å². The number of carbonyl (C=O) groups excluding carboxylic acids is 1. The molecule has 25 heavy (non-hydrogen) atoms. The molecule has 0 aliphatic heterocycles. The number of aromatic amines is 2. The van der Waals surface area contributed by atoms with Gasteiger partial charge in [-0.15, -0.1) is 0 Å². The molecular weight excluding hydrogens is 352 g/mol. The molecule has 1 atom stereocenters. The number of nitrogens with one attached hydrogen (secondary N) is 3. The van der Waals surface area contributed by atoms with E-state index >= 15 is 0 Å². The van der Waals surface area contributed by atoms with Gasteiger partial charge in [-0.25, -0.2) is 4.79 Å². The minimum Gasteiger partial charge on any atom is -0.493 e. The van der Waals surface area contributed by atoms with Crippen molar-refractivity contribution in [1.29, 1.82) is 0 Å². The zero-order valence-corrected chi connectivity index (χ0v) is 14.3. The summed E-state index contributed by atoms with van der Waals surface area (Å²) >= 11 is 5.87. The Morgan fingerprint density at radius 1 is 1.32 bits per heavy atom. The van der Waals surface area contributed by atoms with Crippen molar-refractivity contribution >= 4 is 23.2 Å². The summed E-state index contributed by atoms with van der Waals surface area (Å²) in [6.45, 7) is 1.79. The quantitative estimate of drug-likeness (QED) is 0.585. The first-order valence-corrected chi connectivity index (χ1v) is 7.59. The summed E-state index contributed by atoms with van der Waals surface area (Å²) < 4.78 is 10.7. The zero-order valence-electron chi connectivity index (χ0n) is 13.5. The van der Waals surface area contributed by atoms with Crippen LogP contribution in [0.15, 0.2) is 27.8 Å². The van der Waals surface area contributed by atoms with Gasteiger partial charge in [0.25, 0.3) is 11.5 Å². The van der Waals surface area contributed by atoms with Gasteiger partial charge in [-0.3, -0.25) is 14.6 Å². The molecule has 134 valence electrons. The van der Waals surface area contributed by atoms with Crippen molar-refractivity contribution in [3.8, 4) is 11.5 Å². The summed E-state index contributed by atoms with van der Waals surface area (Å²) in [6.07, 6.45) is 0. The Morgan fingerprint density at radius 2 is 2.04 bits per heavy atom. The minimum atomic E-state index is -0.830. The predicted octanol–water partition coefficient (Wildman–Crippen LogP) is 0.505. The maximum absolute atomic E-state index is 12.1. The van der Waals surface area contributed by atoms with E-state index in [0.29, 0.717) is 16.5 Å². The lowest BCUT2D eigenvalue weighted by Gasteiger charge is -2.16. The van der Waals surface area contributed by atoms with Crippen LogP contribution >= 0.6 is 11.6 Å². The van der Waals surface area contributed by atoms with Crippen LogP contribution < -0.4 is 31.8 Å². The smallest absolute Gasteiger partial charge is 0.326 e. The largest absolute Gasteiger partial charge is 0.493 e. The average Bonchev–Trinajstić information content (AvgIpc) is 2.56. The van der Waals surface area contributed by atoms with Gasteiger partial charge in [-0.05, 0) is 19.1 Å². The van der Waals surface area contributed by atoms with E-state index in [2.05, 4.69) is 10.3 Å². The van der Waals surface area contributed by atoms with E-state index in [-0.39, 0.29) is 18.0 Å². The van der Waals surface area contributed by atoms with E-state index in [4.69, 9.17) is 26.8 Å². The molecule has 1 aromatic heterocycles. The van der Waals surface area contributed by atoms with Crippen LogP contribution in [0.25, 0.3) is 0 Å². The maximum Gasteiger partial charge on any atom is 0.326 e. The number of halogens is 1. The fourth-order valence-electron chi connectivity index (χ4n) is 1.99. The number of hydrogen-bond donors (Lipinski definition) is 4. The molecule has 0 saturated heterocycles. The summed E-state index contributed by atoms with van der Waals surface area (Å²) in [5, 5.41) is 3.08. The lowest BCUT2D eigenvalue weighted by atomic mass is 10.3. The average molecular weight is 369 g/mol. The number of amides is 1. The molecule has 0 aliphatic carbocycles. The van der Waals surface area contributed by atoms with Gasteiger partial charge in [0.05, 0.1) is 13.2 Å². The monoisotopic (exact) mass is 368 g/mol. The van der Waals surface area contributed by atoms with Crippen molar-refractivity contribution in [2.45, 2.75) is 13.0 Å². The highest BCUT2D eigenvalue weighted by Crippen LogP contribution is 2.29. The van der Waals surface area contributed by atoms with Crippen LogP contribution in [0.2, 0.25) is 5.02 Å². The number of anilines is 1. The number of nitrogens with two attached hydrogens (primary N) is 1. The number of carbonyl (C=O) groups is 1. The molecule has 9 nitrogen and oxygen atoms in total. The van der Waals surface area contributed by atoms with Crippen LogP contribution in [-0.4, -0.2) is 35.6 Å². The Morgan fingerprint density at radius 3 is 2.72 bits per heavy atom. The number of hydrogen-bond acceptors (Lipinski definition) is 6. The first-order valence-electron chi connectivity index (χ1n) is 7.21. The second-order valence-electron chi connectivity index (χ2n) is 5.18. The SMILES string of the molecule is COc1cc(Cl)ccc1OCC(C)NC(=O)c1[nH]c(=O)[nH]c(=O)c1N. The van der Waals surface area contributed by atoms with Gasteiger partial charge >= 0.3 is 5.69 Å². The van der Waals surface area contributed by atoms with Gasteiger partial charge in [0.2, 0.25) is 0 Å². The third-order valence-electron chi connectivity index (χ3n) is 3.20. The van der Waals surface area contributed by atoms with Crippen molar-refractivity contribution in [2.24, 2.45) is 0 Å². The van der Waals surface area contributed by atoms with Crippen molar-refractivity contribution in [3.05, 3.63) is 49.8 Å². The third-order valence-corrected chi connectivity index (χ3v) is 3.43. The van der Waals surface area contributed by atoms with E-state index in [1.165, 1.54) is 7.11 Å². The van der Waals surface area contributed by atoms with Crippen LogP contribution in [0.1, 0.15) is 17.4 Å². The number of ether oxygens (including phenoxy) is 2. The van der Waals surface area contributed by atoms with Crippen LogP contribution in [0, 0.1) is 0 Å². The lowest BCUT2D eigenvalue weighted by molar-refractivity contribution is 0.0921. The predicted molar refractivity (Wildman–Crippen MR) is 92.5 cm³/mol. The van der Waals surface area contributed by atoms with E-state index in [0.717, 1.165) is 0 Å². The molecule has 5 N–H and O–H groups in total. The molecule has 1 aromatic carbocycles. The van der Waals surface area contributed by atoms with Gasteiger partial charge in [-0.2, -0.15) is 0 Å². The van der Waals surface area contributed by atoms with Gasteiger partial charge in [0, 0.05) is 11.1 Å². The summed E-state index contributed by atoms with van der Waals surface area (Å²) in [4.78, 5) is 39.0. The molecule has 0 bridgehead atoms. The second kappa shape index (κ2) is 7.75. The van der Waals surface area contributed by atoms with Gasteiger partial charge < -0.3 is 25.5 Å². The van der Waals surface area contributed by atoms with Crippen LogP contribution in [0.4, 0.5) is 5.69 Å². The zero-order chi connectivity index (χ0) is 18.6. The Labute approximate surface area is 147 Å². The Kier molecular flexibility index (Phi) is 5.71. The van der Waals surface area contributed by atoms with Crippen LogP contribution in [-0.2, 0) is 0 Å². The Hall–Kier alpha value is -2.94. The molecule has 0 spiro atoms. The fourth-order valence-corrected chi connectivity index (χ4v) is 2.15. The molecular formula is C15H17ClN4O5. The summed E-state index contributed by atoms with van der Waals surface area (Å²) in [7, 11) is 1.48. The normalized spacial score (nSPS) is 11.6. The minimum absolute atomic E-state index is 0.108. The molecule has 1 unspecified atom stereocenters. The van der Waals surface area contributed by atoms with Gasteiger partial charge in [0.15, 0.2) is 11.5 Å². The Balaban J connectivity index is 2.03. The number of rotatable bonds is 6. The fraction of sp³-hybridized carbons (Fsp3) is 0.267. The van der Waals surface area contributed by atoms with E-state index in [1.54, 1.807) is 25.1 Å². The first-order chi connectivity index (χ1) is 11.8. The van der Waals surface area contributed by atoms with Crippen molar-refractivity contribution < 1.29 is 14.3 Å². The highest BCUT2D eigenvalue weighted by molar-refractivity contribution is 6.30. The molecule has 2 rings (SSSR count). The number of aromatic nitrogens is 2. The summed E-state index contributed by atoms with van der Waals surface area (Å²) in [6, 6.07) is 4.43. The number of H-pyrrole nitrogens is 2. The highest BCUT2D eigenvalue weighted by atomic mass is 35.5.